The number of amides is 2. The van der Waals surface area contributed by atoms with Crippen molar-refractivity contribution in [3.05, 3.63) is 107 Å². The molecule has 3 rings (SSSR count). The second-order valence-electron chi connectivity index (χ2n) is 7.76. The molecule has 0 aliphatic rings. The van der Waals surface area contributed by atoms with E-state index in [-0.39, 0.29) is 18.2 Å². The van der Waals surface area contributed by atoms with Crippen LogP contribution in [0.25, 0.3) is 0 Å². The zero-order chi connectivity index (χ0) is 23.5. The monoisotopic (exact) mass is 464 g/mol. The SMILES string of the molecule is COCCCNC(=O)[C@H](c1ccccc1)N(Cc1ccccc1)C(=O)Cc1ccc(Cl)cc1. The molecule has 0 bridgehead atoms. The van der Waals surface area contributed by atoms with Gasteiger partial charge in [-0.2, -0.15) is 0 Å². The van der Waals surface area contributed by atoms with E-state index in [0.29, 0.717) is 31.1 Å². The molecule has 33 heavy (non-hydrogen) atoms. The van der Waals surface area contributed by atoms with Crippen molar-refractivity contribution < 1.29 is 14.3 Å². The van der Waals surface area contributed by atoms with Gasteiger partial charge in [-0.05, 0) is 35.2 Å². The number of benzene rings is 3. The van der Waals surface area contributed by atoms with Crippen LogP contribution in [-0.4, -0.2) is 37.0 Å². The molecule has 0 saturated carbocycles. The first kappa shape index (κ1) is 24.5. The Morgan fingerprint density at radius 3 is 2.18 bits per heavy atom. The molecule has 2 amide bonds. The number of halogens is 1. The molecule has 0 saturated heterocycles. The molecule has 172 valence electrons. The third-order valence-corrected chi connectivity index (χ3v) is 5.54. The highest BCUT2D eigenvalue weighted by atomic mass is 35.5. The van der Waals surface area contributed by atoms with E-state index in [0.717, 1.165) is 16.7 Å². The number of carbonyl (C=O) groups excluding carboxylic acids is 2. The molecule has 0 unspecified atom stereocenters. The van der Waals surface area contributed by atoms with Gasteiger partial charge in [-0.15, -0.1) is 0 Å². The maximum Gasteiger partial charge on any atom is 0.247 e. The second-order valence-corrected chi connectivity index (χ2v) is 8.20. The zero-order valence-corrected chi connectivity index (χ0v) is 19.5. The Balaban J connectivity index is 1.92. The number of methoxy groups -OCH3 is 1. The van der Waals surface area contributed by atoms with Crippen molar-refractivity contribution in [2.75, 3.05) is 20.3 Å². The second kappa shape index (κ2) is 12.8. The number of rotatable bonds is 11. The third kappa shape index (κ3) is 7.45. The summed E-state index contributed by atoms with van der Waals surface area (Å²) in [5, 5.41) is 3.59. The molecule has 0 heterocycles. The summed E-state index contributed by atoms with van der Waals surface area (Å²) in [6.07, 6.45) is 0.867. The van der Waals surface area contributed by atoms with Crippen LogP contribution >= 0.6 is 11.6 Å². The highest BCUT2D eigenvalue weighted by Crippen LogP contribution is 2.25. The van der Waals surface area contributed by atoms with Gasteiger partial charge in [0.1, 0.15) is 6.04 Å². The maximum absolute atomic E-state index is 13.6. The van der Waals surface area contributed by atoms with Gasteiger partial charge < -0.3 is 15.0 Å². The molecule has 0 aliphatic carbocycles. The number of carbonyl (C=O) groups is 2. The molecule has 0 aromatic heterocycles. The molecular formula is C27H29ClN2O3. The number of hydrogen-bond donors (Lipinski definition) is 1. The minimum absolute atomic E-state index is 0.137. The smallest absolute Gasteiger partial charge is 0.247 e. The van der Waals surface area contributed by atoms with Crippen LogP contribution in [0.1, 0.15) is 29.2 Å². The lowest BCUT2D eigenvalue weighted by molar-refractivity contribution is -0.141. The van der Waals surface area contributed by atoms with Crippen molar-refractivity contribution in [1.82, 2.24) is 10.2 Å². The van der Waals surface area contributed by atoms with Crippen molar-refractivity contribution in [2.45, 2.75) is 25.4 Å². The molecule has 6 heteroatoms. The van der Waals surface area contributed by atoms with E-state index in [4.69, 9.17) is 16.3 Å². The average Bonchev–Trinajstić information content (AvgIpc) is 2.84. The first-order valence-electron chi connectivity index (χ1n) is 11.0. The average molecular weight is 465 g/mol. The standard InChI is InChI=1S/C27H29ClN2O3/c1-33-18-8-17-29-27(32)26(23-11-6-3-7-12-23)30(20-22-9-4-2-5-10-22)25(31)19-21-13-15-24(28)16-14-21/h2-7,9-16,26H,8,17-20H2,1H3,(H,29,32)/t26-/m0/s1. The molecule has 3 aromatic rings. The van der Waals surface area contributed by atoms with Crippen LogP contribution in [0.15, 0.2) is 84.9 Å². The van der Waals surface area contributed by atoms with Crippen LogP contribution in [0, 0.1) is 0 Å². The van der Waals surface area contributed by atoms with Gasteiger partial charge in [-0.1, -0.05) is 84.4 Å². The molecule has 0 aliphatic heterocycles. The number of nitrogens with one attached hydrogen (secondary N) is 1. The predicted octanol–water partition coefficient (Wildman–Crippen LogP) is 4.81. The van der Waals surface area contributed by atoms with Crippen LogP contribution in [-0.2, 0) is 27.3 Å². The van der Waals surface area contributed by atoms with Crippen LogP contribution in [0.2, 0.25) is 5.02 Å². The zero-order valence-electron chi connectivity index (χ0n) is 18.7. The first-order chi connectivity index (χ1) is 16.1. The Labute approximate surface area is 200 Å². The summed E-state index contributed by atoms with van der Waals surface area (Å²) in [5.41, 5.74) is 2.56. The van der Waals surface area contributed by atoms with Gasteiger partial charge in [-0.25, -0.2) is 0 Å². The molecule has 1 atom stereocenters. The lowest BCUT2D eigenvalue weighted by atomic mass is 10.0. The van der Waals surface area contributed by atoms with E-state index >= 15 is 0 Å². The molecular weight excluding hydrogens is 436 g/mol. The van der Waals surface area contributed by atoms with Gasteiger partial charge in [0.25, 0.3) is 0 Å². The first-order valence-corrected chi connectivity index (χ1v) is 11.4. The number of hydrogen-bond acceptors (Lipinski definition) is 3. The molecule has 0 radical (unpaired) electrons. The number of ether oxygens (including phenoxy) is 1. The van der Waals surface area contributed by atoms with Gasteiger partial charge in [0, 0.05) is 31.8 Å². The van der Waals surface area contributed by atoms with E-state index in [1.807, 2.05) is 72.8 Å². The fourth-order valence-electron chi connectivity index (χ4n) is 3.61. The molecule has 0 fully saturated rings. The van der Waals surface area contributed by atoms with Crippen LogP contribution < -0.4 is 5.32 Å². The van der Waals surface area contributed by atoms with Gasteiger partial charge in [-0.3, -0.25) is 9.59 Å². The van der Waals surface area contributed by atoms with E-state index in [9.17, 15) is 9.59 Å². The van der Waals surface area contributed by atoms with Gasteiger partial charge >= 0.3 is 0 Å². The highest BCUT2D eigenvalue weighted by molar-refractivity contribution is 6.30. The molecule has 1 N–H and O–H groups in total. The topological polar surface area (TPSA) is 58.6 Å². The molecule has 0 spiro atoms. The minimum atomic E-state index is -0.756. The Kier molecular flexibility index (Phi) is 9.48. The van der Waals surface area contributed by atoms with Crippen molar-refractivity contribution in [1.29, 1.82) is 0 Å². The summed E-state index contributed by atoms with van der Waals surface area (Å²) in [6, 6.07) is 25.6. The van der Waals surface area contributed by atoms with Crippen LogP contribution in [0.5, 0.6) is 0 Å². The third-order valence-electron chi connectivity index (χ3n) is 5.28. The number of nitrogens with zero attached hydrogens (tertiary/aromatic N) is 1. The fourth-order valence-corrected chi connectivity index (χ4v) is 3.74. The summed E-state index contributed by atoms with van der Waals surface area (Å²) < 4.78 is 5.08. The van der Waals surface area contributed by atoms with Crippen molar-refractivity contribution in [2.24, 2.45) is 0 Å². The predicted molar refractivity (Wildman–Crippen MR) is 131 cm³/mol. The Morgan fingerprint density at radius 1 is 0.909 bits per heavy atom. The quantitative estimate of drug-likeness (QED) is 0.414. The largest absolute Gasteiger partial charge is 0.385 e. The summed E-state index contributed by atoms with van der Waals surface area (Å²) in [6.45, 7) is 1.35. The van der Waals surface area contributed by atoms with Gasteiger partial charge in [0.2, 0.25) is 11.8 Å². The molecule has 5 nitrogen and oxygen atoms in total. The van der Waals surface area contributed by atoms with Crippen molar-refractivity contribution >= 4 is 23.4 Å². The Bertz CT molecular complexity index is 1010. The van der Waals surface area contributed by atoms with E-state index in [1.165, 1.54) is 0 Å². The van der Waals surface area contributed by atoms with Crippen LogP contribution in [0.4, 0.5) is 0 Å². The Hall–Kier alpha value is -3.15. The van der Waals surface area contributed by atoms with Crippen molar-refractivity contribution in [3.63, 3.8) is 0 Å². The summed E-state index contributed by atoms with van der Waals surface area (Å²) in [7, 11) is 1.63. The maximum atomic E-state index is 13.6. The van der Waals surface area contributed by atoms with Gasteiger partial charge in [0.15, 0.2) is 0 Å². The summed E-state index contributed by atoms with van der Waals surface area (Å²) in [4.78, 5) is 28.6. The lowest BCUT2D eigenvalue weighted by Gasteiger charge is -2.32. The summed E-state index contributed by atoms with van der Waals surface area (Å²) >= 11 is 6.00. The Morgan fingerprint density at radius 2 is 1.55 bits per heavy atom. The summed E-state index contributed by atoms with van der Waals surface area (Å²) in [5.74, 6) is -0.347. The molecule has 3 aromatic carbocycles. The van der Waals surface area contributed by atoms with E-state index in [1.54, 1.807) is 24.1 Å². The highest BCUT2D eigenvalue weighted by Gasteiger charge is 2.31. The van der Waals surface area contributed by atoms with Gasteiger partial charge in [0.05, 0.1) is 6.42 Å². The van der Waals surface area contributed by atoms with Crippen molar-refractivity contribution in [3.8, 4) is 0 Å². The lowest BCUT2D eigenvalue weighted by Crippen LogP contribution is -2.44. The van der Waals surface area contributed by atoms with E-state index in [2.05, 4.69) is 5.32 Å². The fraction of sp³-hybridized carbons (Fsp3) is 0.259. The van der Waals surface area contributed by atoms with E-state index < -0.39 is 6.04 Å². The minimum Gasteiger partial charge on any atom is -0.385 e. The normalized spacial score (nSPS) is 11.6. The van der Waals surface area contributed by atoms with Crippen LogP contribution in [0.3, 0.4) is 0 Å².